The molecule has 0 saturated heterocycles. The fourth-order valence-corrected chi connectivity index (χ4v) is 2.52. The number of primary amides is 1. The predicted octanol–water partition coefficient (Wildman–Crippen LogP) is 3.26. The van der Waals surface area contributed by atoms with E-state index in [1.54, 1.807) is 5.32 Å². The number of carbonyl (C=O) groups is 3. The summed E-state index contributed by atoms with van der Waals surface area (Å²) in [5.41, 5.74) is 6.06. The van der Waals surface area contributed by atoms with Crippen molar-refractivity contribution < 1.29 is 23.9 Å². The van der Waals surface area contributed by atoms with Gasteiger partial charge in [0.05, 0.1) is 0 Å². The third kappa shape index (κ3) is 11.7. The molecular weight excluding hydrogens is 360 g/mol. The van der Waals surface area contributed by atoms with Gasteiger partial charge in [-0.1, -0.05) is 51.2 Å². The maximum absolute atomic E-state index is 11.4. The van der Waals surface area contributed by atoms with Gasteiger partial charge in [-0.3, -0.25) is 10.1 Å². The van der Waals surface area contributed by atoms with E-state index in [2.05, 4.69) is 6.92 Å². The summed E-state index contributed by atoms with van der Waals surface area (Å²) in [4.78, 5) is 33.0. The van der Waals surface area contributed by atoms with Crippen LogP contribution < -0.4 is 15.8 Å². The molecule has 3 N–H and O–H groups in total. The molecule has 1 rings (SSSR count). The van der Waals surface area contributed by atoms with Gasteiger partial charge in [0.15, 0.2) is 0 Å². The topological polar surface area (TPSA) is 108 Å². The summed E-state index contributed by atoms with van der Waals surface area (Å²) < 4.78 is 10.4. The van der Waals surface area contributed by atoms with Gasteiger partial charge in [-0.2, -0.15) is 0 Å². The van der Waals surface area contributed by atoms with E-state index >= 15 is 0 Å². The zero-order valence-electron chi connectivity index (χ0n) is 16.4. The molecule has 0 saturated carbocycles. The highest BCUT2D eigenvalue weighted by Gasteiger charge is 2.02. The van der Waals surface area contributed by atoms with Crippen LogP contribution in [0.15, 0.2) is 36.4 Å². The molecule has 28 heavy (non-hydrogen) atoms. The van der Waals surface area contributed by atoms with Crippen molar-refractivity contribution in [2.24, 2.45) is 5.73 Å². The molecule has 3 amide bonds. The van der Waals surface area contributed by atoms with Crippen molar-refractivity contribution in [1.29, 1.82) is 0 Å². The molecule has 1 aromatic carbocycles. The molecule has 0 bridgehead atoms. The van der Waals surface area contributed by atoms with E-state index in [1.807, 2.05) is 24.3 Å². The van der Waals surface area contributed by atoms with Crippen molar-refractivity contribution >= 4 is 17.9 Å². The van der Waals surface area contributed by atoms with Crippen LogP contribution in [-0.2, 0) is 20.7 Å². The molecule has 0 fully saturated rings. The number of ether oxygens (including phenoxy) is 2. The largest absolute Gasteiger partial charge is 0.490 e. The van der Waals surface area contributed by atoms with Gasteiger partial charge in [-0.15, -0.1) is 0 Å². The molecular formula is C21H30N2O5. The summed E-state index contributed by atoms with van der Waals surface area (Å²) in [5, 5.41) is 1.80. The first-order chi connectivity index (χ1) is 13.5. The van der Waals surface area contributed by atoms with Gasteiger partial charge < -0.3 is 15.2 Å². The van der Waals surface area contributed by atoms with Gasteiger partial charge in [-0.05, 0) is 30.5 Å². The summed E-state index contributed by atoms with van der Waals surface area (Å²) in [5.74, 6) is -0.793. The van der Waals surface area contributed by atoms with E-state index in [-0.39, 0.29) is 13.2 Å². The molecule has 0 aromatic heterocycles. The summed E-state index contributed by atoms with van der Waals surface area (Å²) in [7, 11) is 0. The van der Waals surface area contributed by atoms with Crippen LogP contribution in [0.2, 0.25) is 0 Å². The third-order valence-electron chi connectivity index (χ3n) is 3.96. The zero-order valence-corrected chi connectivity index (χ0v) is 16.4. The average Bonchev–Trinajstić information content (AvgIpc) is 2.67. The molecule has 0 atom stereocenters. The number of urea groups is 1. The molecule has 7 heteroatoms. The maximum atomic E-state index is 11.4. The van der Waals surface area contributed by atoms with Crippen LogP contribution in [-0.4, -0.2) is 31.1 Å². The van der Waals surface area contributed by atoms with Crippen molar-refractivity contribution in [3.63, 3.8) is 0 Å². The second-order valence-electron chi connectivity index (χ2n) is 6.36. The first kappa shape index (κ1) is 23.2. The molecule has 0 radical (unpaired) electrons. The Morgan fingerprint density at radius 3 is 2.32 bits per heavy atom. The third-order valence-corrected chi connectivity index (χ3v) is 3.96. The van der Waals surface area contributed by atoms with Crippen molar-refractivity contribution in [3.8, 4) is 5.75 Å². The molecule has 0 aliphatic rings. The maximum Gasteiger partial charge on any atom is 0.331 e. The smallest absolute Gasteiger partial charge is 0.331 e. The van der Waals surface area contributed by atoms with Crippen LogP contribution in [0.3, 0.4) is 0 Å². The number of hydrogen-bond acceptors (Lipinski definition) is 5. The Morgan fingerprint density at radius 1 is 0.964 bits per heavy atom. The normalized spacial score (nSPS) is 10.6. The van der Waals surface area contributed by atoms with Crippen molar-refractivity contribution in [2.75, 3.05) is 13.2 Å². The second kappa shape index (κ2) is 14.3. The minimum absolute atomic E-state index is 0.0418. The second-order valence-corrected chi connectivity index (χ2v) is 6.36. The highest BCUT2D eigenvalue weighted by molar-refractivity contribution is 6.02. The summed E-state index contributed by atoms with van der Waals surface area (Å²) in [6, 6.07) is 6.92. The number of benzene rings is 1. The number of hydrogen-bond donors (Lipinski definition) is 2. The molecule has 7 nitrogen and oxygen atoms in total. The first-order valence-corrected chi connectivity index (χ1v) is 9.68. The van der Waals surface area contributed by atoms with Crippen LogP contribution in [0, 0.1) is 0 Å². The van der Waals surface area contributed by atoms with Crippen LogP contribution in [0.25, 0.3) is 0 Å². The Morgan fingerprint density at radius 2 is 1.64 bits per heavy atom. The molecule has 0 aliphatic carbocycles. The van der Waals surface area contributed by atoms with Gasteiger partial charge in [0.1, 0.15) is 19.0 Å². The summed E-state index contributed by atoms with van der Waals surface area (Å²) in [6.07, 6.45) is 10.5. The Bertz CT molecular complexity index is 641. The molecule has 1 aromatic rings. The highest BCUT2D eigenvalue weighted by Crippen LogP contribution is 2.15. The lowest BCUT2D eigenvalue weighted by atomic mass is 10.0. The molecule has 154 valence electrons. The lowest BCUT2D eigenvalue weighted by Gasteiger charge is -2.07. The molecule has 0 aliphatic heterocycles. The van der Waals surface area contributed by atoms with Gasteiger partial charge in [0.2, 0.25) is 0 Å². The Balaban J connectivity index is 2.17. The lowest BCUT2D eigenvalue weighted by Crippen LogP contribution is -2.33. The van der Waals surface area contributed by atoms with E-state index < -0.39 is 17.9 Å². The lowest BCUT2D eigenvalue weighted by molar-refractivity contribution is -0.138. The van der Waals surface area contributed by atoms with Crippen LogP contribution >= 0.6 is 0 Å². The number of amides is 3. The predicted molar refractivity (Wildman–Crippen MR) is 107 cm³/mol. The minimum atomic E-state index is -0.991. The fourth-order valence-electron chi connectivity index (χ4n) is 2.52. The highest BCUT2D eigenvalue weighted by atomic mass is 16.6. The number of nitrogens with one attached hydrogen (secondary N) is 1. The first-order valence-electron chi connectivity index (χ1n) is 9.68. The number of imide groups is 1. The van der Waals surface area contributed by atoms with Crippen molar-refractivity contribution in [3.05, 3.63) is 42.0 Å². The number of nitrogens with two attached hydrogens (primary N) is 1. The van der Waals surface area contributed by atoms with E-state index in [0.717, 1.165) is 18.6 Å². The van der Waals surface area contributed by atoms with E-state index in [0.29, 0.717) is 5.75 Å². The minimum Gasteiger partial charge on any atom is -0.490 e. The van der Waals surface area contributed by atoms with Gasteiger partial charge in [0.25, 0.3) is 5.91 Å². The van der Waals surface area contributed by atoms with Gasteiger partial charge >= 0.3 is 12.0 Å². The Hall–Kier alpha value is -2.83. The fraction of sp³-hybridized carbons (Fsp3) is 0.476. The molecule has 0 spiro atoms. The number of rotatable bonds is 13. The van der Waals surface area contributed by atoms with Crippen LogP contribution in [0.5, 0.6) is 5.75 Å². The molecule has 0 heterocycles. The Kier molecular flexibility index (Phi) is 11.8. The number of carbonyl (C=O) groups excluding carboxylic acids is 3. The summed E-state index contributed by atoms with van der Waals surface area (Å²) in [6.45, 7) is 2.46. The van der Waals surface area contributed by atoms with Crippen LogP contribution in [0.1, 0.15) is 51.0 Å². The quantitative estimate of drug-likeness (QED) is 0.305. The van der Waals surface area contributed by atoms with E-state index in [1.165, 1.54) is 44.1 Å². The zero-order chi connectivity index (χ0) is 20.6. The number of aryl methyl sites for hydroxylation is 1. The molecule has 0 unspecified atom stereocenters. The summed E-state index contributed by atoms with van der Waals surface area (Å²) >= 11 is 0. The van der Waals surface area contributed by atoms with Crippen molar-refractivity contribution in [1.82, 2.24) is 5.32 Å². The van der Waals surface area contributed by atoms with Crippen molar-refractivity contribution in [2.45, 2.75) is 51.9 Å². The van der Waals surface area contributed by atoms with E-state index in [4.69, 9.17) is 15.2 Å². The van der Waals surface area contributed by atoms with Crippen LogP contribution in [0.4, 0.5) is 4.79 Å². The number of esters is 1. The van der Waals surface area contributed by atoms with Gasteiger partial charge in [0, 0.05) is 12.2 Å². The Labute approximate surface area is 166 Å². The van der Waals surface area contributed by atoms with E-state index in [9.17, 15) is 14.4 Å². The monoisotopic (exact) mass is 390 g/mol. The average molecular weight is 390 g/mol. The standard InChI is InChI=1S/C21H30N2O5/c1-2-3-4-5-6-7-8-17-9-11-18(12-10-17)27-15-16-28-20(25)14-13-19(24)23-21(22)26/h9-14H,2-8,15-16H2,1H3,(H3,22,23,24,26)/b14-13+. The van der Waals surface area contributed by atoms with Gasteiger partial charge in [-0.25, -0.2) is 9.59 Å². The SMILES string of the molecule is CCCCCCCCc1ccc(OCCOC(=O)/C=C/C(=O)NC(N)=O)cc1. The number of unbranched alkanes of at least 4 members (excludes halogenated alkanes) is 5.